The lowest BCUT2D eigenvalue weighted by Crippen LogP contribution is -2.05. The molecular formula is C16H16O5. The second kappa shape index (κ2) is 6.17. The van der Waals surface area contributed by atoms with Crippen LogP contribution < -0.4 is 14.2 Å². The van der Waals surface area contributed by atoms with E-state index in [0.717, 1.165) is 0 Å². The van der Waals surface area contributed by atoms with Gasteiger partial charge in [-0.1, -0.05) is 30.3 Å². The Bertz CT molecular complexity index is 649. The second-order valence-corrected chi connectivity index (χ2v) is 4.24. The van der Waals surface area contributed by atoms with Gasteiger partial charge in [0.1, 0.15) is 0 Å². The highest BCUT2D eigenvalue weighted by Gasteiger charge is 2.24. The van der Waals surface area contributed by atoms with Crippen molar-refractivity contribution in [3.8, 4) is 23.0 Å². The van der Waals surface area contributed by atoms with Crippen LogP contribution in [0.5, 0.6) is 23.0 Å². The molecule has 0 fully saturated rings. The summed E-state index contributed by atoms with van der Waals surface area (Å²) in [6.45, 7) is 0. The Kier molecular flexibility index (Phi) is 4.33. The normalized spacial score (nSPS) is 10.0. The molecule has 0 amide bonds. The van der Waals surface area contributed by atoms with E-state index in [0.29, 0.717) is 11.3 Å². The van der Waals surface area contributed by atoms with Crippen molar-refractivity contribution in [2.24, 2.45) is 0 Å². The molecule has 1 N–H and O–H groups in total. The Hall–Kier alpha value is -2.69. The molecule has 0 bridgehead atoms. The van der Waals surface area contributed by atoms with Crippen molar-refractivity contribution in [2.75, 3.05) is 21.3 Å². The van der Waals surface area contributed by atoms with E-state index in [-0.39, 0.29) is 28.6 Å². The molecule has 2 aromatic carbocycles. The molecule has 0 aliphatic carbocycles. The van der Waals surface area contributed by atoms with Gasteiger partial charge in [0.05, 0.1) is 26.9 Å². The summed E-state index contributed by atoms with van der Waals surface area (Å²) in [4.78, 5) is 12.5. The molecule has 0 spiro atoms. The van der Waals surface area contributed by atoms with Crippen molar-refractivity contribution < 1.29 is 24.1 Å². The highest BCUT2D eigenvalue weighted by atomic mass is 16.5. The molecule has 0 aliphatic rings. The highest BCUT2D eigenvalue weighted by Crippen LogP contribution is 2.46. The number of benzene rings is 2. The summed E-state index contributed by atoms with van der Waals surface area (Å²) in [5.41, 5.74) is 0.553. The summed E-state index contributed by atoms with van der Waals surface area (Å²) < 4.78 is 15.5. The maximum Gasteiger partial charge on any atom is 0.207 e. The second-order valence-electron chi connectivity index (χ2n) is 4.24. The summed E-state index contributed by atoms with van der Waals surface area (Å²) in [6.07, 6.45) is 0. The number of rotatable bonds is 5. The fourth-order valence-electron chi connectivity index (χ4n) is 2.06. The van der Waals surface area contributed by atoms with Gasteiger partial charge in [0.25, 0.3) is 0 Å². The molecule has 0 saturated carbocycles. The number of phenols is 1. The highest BCUT2D eigenvalue weighted by molar-refractivity contribution is 6.11. The smallest absolute Gasteiger partial charge is 0.207 e. The van der Waals surface area contributed by atoms with Crippen LogP contribution in [0.1, 0.15) is 15.9 Å². The molecule has 110 valence electrons. The summed E-state index contributed by atoms with van der Waals surface area (Å²) in [5, 5.41) is 10.3. The minimum atomic E-state index is -0.327. The lowest BCUT2D eigenvalue weighted by molar-refractivity contribution is 0.103. The quantitative estimate of drug-likeness (QED) is 0.857. The van der Waals surface area contributed by atoms with Crippen molar-refractivity contribution in [3.05, 3.63) is 47.5 Å². The minimum absolute atomic E-state index is 0.0659. The molecule has 0 aliphatic heterocycles. The Morgan fingerprint density at radius 3 is 2.10 bits per heavy atom. The number of hydrogen-bond acceptors (Lipinski definition) is 5. The Morgan fingerprint density at radius 1 is 0.952 bits per heavy atom. The maximum atomic E-state index is 12.5. The molecule has 0 atom stereocenters. The van der Waals surface area contributed by atoms with Crippen LogP contribution in [0.15, 0.2) is 36.4 Å². The van der Waals surface area contributed by atoms with Crippen molar-refractivity contribution in [2.45, 2.75) is 0 Å². The number of hydrogen-bond donors (Lipinski definition) is 1. The molecule has 2 aromatic rings. The summed E-state index contributed by atoms with van der Waals surface area (Å²) in [6, 6.07) is 10.1. The van der Waals surface area contributed by atoms with Crippen LogP contribution in [-0.2, 0) is 0 Å². The first kappa shape index (κ1) is 14.7. The molecule has 5 nitrogen and oxygen atoms in total. The fraction of sp³-hybridized carbons (Fsp3) is 0.188. The van der Waals surface area contributed by atoms with E-state index in [9.17, 15) is 9.90 Å². The van der Waals surface area contributed by atoms with Gasteiger partial charge in [-0.25, -0.2) is 0 Å². The lowest BCUT2D eigenvalue weighted by atomic mass is 10.0. The largest absolute Gasteiger partial charge is 0.504 e. The lowest BCUT2D eigenvalue weighted by Gasteiger charge is -2.15. The van der Waals surface area contributed by atoms with E-state index in [1.807, 2.05) is 6.07 Å². The number of phenolic OH excluding ortho intramolecular Hbond substituents is 1. The molecule has 0 saturated heterocycles. The van der Waals surface area contributed by atoms with Crippen LogP contribution in [0, 0.1) is 0 Å². The van der Waals surface area contributed by atoms with Gasteiger partial charge >= 0.3 is 0 Å². The molecule has 0 heterocycles. The van der Waals surface area contributed by atoms with E-state index in [2.05, 4.69) is 0 Å². The van der Waals surface area contributed by atoms with Gasteiger partial charge in [-0.05, 0) is 6.07 Å². The van der Waals surface area contributed by atoms with Crippen molar-refractivity contribution in [3.63, 3.8) is 0 Å². The van der Waals surface area contributed by atoms with Gasteiger partial charge in [-0.15, -0.1) is 0 Å². The predicted molar refractivity (Wildman–Crippen MR) is 77.6 cm³/mol. The molecule has 0 unspecified atom stereocenters. The average molecular weight is 288 g/mol. The van der Waals surface area contributed by atoms with Crippen LogP contribution in [0.4, 0.5) is 0 Å². The molecule has 0 radical (unpaired) electrons. The first-order valence-electron chi connectivity index (χ1n) is 6.25. The van der Waals surface area contributed by atoms with E-state index in [1.165, 1.54) is 27.4 Å². The maximum absolute atomic E-state index is 12.5. The molecule has 2 rings (SSSR count). The first-order chi connectivity index (χ1) is 10.1. The predicted octanol–water partition coefficient (Wildman–Crippen LogP) is 2.65. The summed E-state index contributed by atoms with van der Waals surface area (Å²) in [7, 11) is 4.26. The SMILES string of the molecule is COc1cc(C(=O)c2ccccc2)c(O)c(OC)c1OC. The third kappa shape index (κ3) is 2.63. The van der Waals surface area contributed by atoms with Crippen LogP contribution in [-0.4, -0.2) is 32.2 Å². The fourth-order valence-corrected chi connectivity index (χ4v) is 2.06. The topological polar surface area (TPSA) is 65.0 Å². The van der Waals surface area contributed by atoms with E-state index in [4.69, 9.17) is 14.2 Å². The van der Waals surface area contributed by atoms with Gasteiger partial charge in [0.15, 0.2) is 17.3 Å². The third-order valence-electron chi connectivity index (χ3n) is 3.08. The molecule has 5 heteroatoms. The molecular weight excluding hydrogens is 272 g/mol. The van der Waals surface area contributed by atoms with E-state index < -0.39 is 0 Å². The Morgan fingerprint density at radius 2 is 1.57 bits per heavy atom. The van der Waals surface area contributed by atoms with Gasteiger partial charge in [-0.3, -0.25) is 4.79 Å². The van der Waals surface area contributed by atoms with Crippen LogP contribution >= 0.6 is 0 Å². The molecule has 21 heavy (non-hydrogen) atoms. The number of carbonyl (C=O) groups excluding carboxylic acids is 1. The van der Waals surface area contributed by atoms with Crippen molar-refractivity contribution in [1.29, 1.82) is 0 Å². The van der Waals surface area contributed by atoms with Crippen LogP contribution in [0.2, 0.25) is 0 Å². The van der Waals surface area contributed by atoms with E-state index in [1.54, 1.807) is 24.3 Å². The third-order valence-corrected chi connectivity index (χ3v) is 3.08. The minimum Gasteiger partial charge on any atom is -0.504 e. The Balaban J connectivity index is 2.62. The Labute approximate surface area is 122 Å². The molecule has 0 aromatic heterocycles. The number of ether oxygens (including phenoxy) is 3. The van der Waals surface area contributed by atoms with Gasteiger partial charge in [0, 0.05) is 5.56 Å². The first-order valence-corrected chi connectivity index (χ1v) is 6.25. The zero-order chi connectivity index (χ0) is 15.4. The standard InChI is InChI=1S/C16H16O5/c1-19-12-9-11(13(17)10-7-5-4-6-8-10)14(18)16(21-3)15(12)20-2/h4-9,18H,1-3H3. The van der Waals surface area contributed by atoms with Gasteiger partial charge in [0.2, 0.25) is 11.5 Å². The zero-order valence-electron chi connectivity index (χ0n) is 12.0. The number of methoxy groups -OCH3 is 3. The van der Waals surface area contributed by atoms with Gasteiger partial charge in [-0.2, -0.15) is 0 Å². The number of carbonyl (C=O) groups is 1. The monoisotopic (exact) mass is 288 g/mol. The van der Waals surface area contributed by atoms with Crippen LogP contribution in [0.25, 0.3) is 0 Å². The van der Waals surface area contributed by atoms with Gasteiger partial charge < -0.3 is 19.3 Å². The summed E-state index contributed by atoms with van der Waals surface area (Å²) >= 11 is 0. The summed E-state index contributed by atoms with van der Waals surface area (Å²) in [5.74, 6) is 0.0148. The van der Waals surface area contributed by atoms with E-state index >= 15 is 0 Å². The van der Waals surface area contributed by atoms with Crippen molar-refractivity contribution >= 4 is 5.78 Å². The number of ketones is 1. The van der Waals surface area contributed by atoms with Crippen LogP contribution in [0.3, 0.4) is 0 Å². The van der Waals surface area contributed by atoms with Crippen molar-refractivity contribution in [1.82, 2.24) is 0 Å². The average Bonchev–Trinajstić information content (AvgIpc) is 2.54. The number of aromatic hydroxyl groups is 1. The zero-order valence-corrected chi connectivity index (χ0v) is 12.0.